The van der Waals surface area contributed by atoms with Crippen molar-refractivity contribution in [1.29, 1.82) is 0 Å². The van der Waals surface area contributed by atoms with Crippen LogP contribution in [0.5, 0.6) is 0 Å². The summed E-state index contributed by atoms with van der Waals surface area (Å²) in [4.78, 5) is 0.239. The first-order valence-electron chi connectivity index (χ1n) is 6.55. The lowest BCUT2D eigenvalue weighted by molar-refractivity contribution is 0.584. The highest BCUT2D eigenvalue weighted by atomic mass is 32.2. The van der Waals surface area contributed by atoms with Gasteiger partial charge in [-0.3, -0.25) is 0 Å². The van der Waals surface area contributed by atoms with Gasteiger partial charge in [-0.15, -0.1) is 0 Å². The van der Waals surface area contributed by atoms with Gasteiger partial charge in [-0.2, -0.15) is 5.10 Å². The minimum absolute atomic E-state index is 0.239. The zero-order chi connectivity index (χ0) is 15.3. The Morgan fingerprint density at radius 3 is 2.81 bits per heavy atom. The maximum atomic E-state index is 12.1. The smallest absolute Gasteiger partial charge is 0.242 e. The fraction of sp³-hybridized carbons (Fsp3) is 0.214. The summed E-state index contributed by atoms with van der Waals surface area (Å²) < 4.78 is 28.4. The Hall–Kier alpha value is -2.12. The van der Waals surface area contributed by atoms with Crippen LogP contribution in [0.15, 0.2) is 48.1 Å². The van der Waals surface area contributed by atoms with Crippen molar-refractivity contribution < 1.29 is 8.42 Å². The maximum Gasteiger partial charge on any atom is 0.242 e. The third-order valence-corrected chi connectivity index (χ3v) is 4.44. The third-order valence-electron chi connectivity index (χ3n) is 2.84. The van der Waals surface area contributed by atoms with Crippen molar-refractivity contribution in [2.45, 2.75) is 18.4 Å². The van der Waals surface area contributed by atoms with Crippen LogP contribution < -0.4 is 10.0 Å². The van der Waals surface area contributed by atoms with Crippen LogP contribution in [0.1, 0.15) is 12.5 Å². The number of aromatic nitrogens is 2. The van der Waals surface area contributed by atoms with E-state index in [0.29, 0.717) is 18.8 Å². The van der Waals surface area contributed by atoms with E-state index in [0.717, 1.165) is 5.56 Å². The van der Waals surface area contributed by atoms with Gasteiger partial charge in [0.25, 0.3) is 0 Å². The third kappa shape index (κ3) is 3.71. The molecule has 0 aliphatic carbocycles. The Morgan fingerprint density at radius 2 is 2.14 bits per heavy atom. The van der Waals surface area contributed by atoms with Crippen molar-refractivity contribution in [3.63, 3.8) is 0 Å². The van der Waals surface area contributed by atoms with E-state index in [4.69, 9.17) is 0 Å². The molecule has 1 heterocycles. The predicted octanol–water partition coefficient (Wildman–Crippen LogP) is 1.89. The first-order chi connectivity index (χ1) is 10.1. The van der Waals surface area contributed by atoms with Crippen LogP contribution in [0, 0.1) is 0 Å². The van der Waals surface area contributed by atoms with Gasteiger partial charge < -0.3 is 5.32 Å². The molecule has 0 atom stereocenters. The number of para-hydroxylation sites is 1. The summed E-state index contributed by atoms with van der Waals surface area (Å²) in [7, 11) is -3.49. The number of nitrogens with zero attached hydrogens (tertiary/aromatic N) is 2. The molecule has 1 aromatic carbocycles. The highest BCUT2D eigenvalue weighted by Crippen LogP contribution is 2.21. The normalized spacial score (nSPS) is 11.3. The second-order valence-corrected chi connectivity index (χ2v) is 6.10. The minimum atomic E-state index is -3.49. The number of benzene rings is 1. The van der Waals surface area contributed by atoms with Crippen LogP contribution in [0.2, 0.25) is 0 Å². The van der Waals surface area contributed by atoms with E-state index in [-0.39, 0.29) is 4.90 Å². The van der Waals surface area contributed by atoms with Crippen molar-refractivity contribution >= 4 is 21.9 Å². The molecule has 0 aliphatic rings. The maximum absolute atomic E-state index is 12.1. The number of nitrogens with one attached hydrogen (secondary N) is 2. The summed E-state index contributed by atoms with van der Waals surface area (Å²) in [6.45, 7) is 6.20. The Labute approximate surface area is 124 Å². The van der Waals surface area contributed by atoms with Crippen LogP contribution in [0.3, 0.4) is 0 Å². The van der Waals surface area contributed by atoms with Crippen LogP contribution in [-0.2, 0) is 16.6 Å². The van der Waals surface area contributed by atoms with Crippen LogP contribution in [0.4, 0.5) is 5.69 Å². The Balaban J connectivity index is 2.19. The standard InChI is InChI=1S/C14H18N4O2S/c1-3-17-21(19,20)14-8-6-5-7-13(14)15-9-12-10-16-18(4-2)11-12/h4-8,10-11,15,17H,2-3,9H2,1H3. The van der Waals surface area contributed by atoms with Crippen LogP contribution in [-0.4, -0.2) is 24.7 Å². The Morgan fingerprint density at radius 1 is 1.38 bits per heavy atom. The molecule has 0 spiro atoms. The van der Waals surface area contributed by atoms with Crippen LogP contribution >= 0.6 is 0 Å². The van der Waals surface area contributed by atoms with E-state index in [9.17, 15) is 8.42 Å². The molecule has 0 unspecified atom stereocenters. The largest absolute Gasteiger partial charge is 0.380 e. The highest BCUT2D eigenvalue weighted by Gasteiger charge is 2.16. The number of sulfonamides is 1. The molecule has 0 radical (unpaired) electrons. The summed E-state index contributed by atoms with van der Waals surface area (Å²) >= 11 is 0. The molecular weight excluding hydrogens is 288 g/mol. The lowest BCUT2D eigenvalue weighted by Crippen LogP contribution is -2.24. The first kappa shape index (κ1) is 15.3. The molecule has 0 saturated carbocycles. The van der Waals surface area contributed by atoms with Gasteiger partial charge in [-0.05, 0) is 12.1 Å². The number of rotatable bonds is 7. The van der Waals surface area contributed by atoms with Gasteiger partial charge in [0.2, 0.25) is 10.0 Å². The predicted molar refractivity (Wildman–Crippen MR) is 83.2 cm³/mol. The van der Waals surface area contributed by atoms with Gasteiger partial charge in [0.15, 0.2) is 0 Å². The second kappa shape index (κ2) is 6.55. The molecule has 0 saturated heterocycles. The van der Waals surface area contributed by atoms with Crippen molar-refractivity contribution in [3.05, 3.63) is 48.8 Å². The molecule has 2 N–H and O–H groups in total. The van der Waals surface area contributed by atoms with Crippen LogP contribution in [0.25, 0.3) is 6.20 Å². The minimum Gasteiger partial charge on any atom is -0.380 e. The van der Waals surface area contributed by atoms with Crippen molar-refractivity contribution in [1.82, 2.24) is 14.5 Å². The summed E-state index contributed by atoms with van der Waals surface area (Å²) in [5, 5.41) is 7.20. The molecule has 0 fully saturated rings. The fourth-order valence-corrected chi connectivity index (χ4v) is 3.10. The van der Waals surface area contributed by atoms with E-state index in [2.05, 4.69) is 21.7 Å². The topological polar surface area (TPSA) is 76.0 Å². The van der Waals surface area contributed by atoms with E-state index < -0.39 is 10.0 Å². The fourth-order valence-electron chi connectivity index (χ4n) is 1.88. The van der Waals surface area contributed by atoms with Gasteiger partial charge in [0.1, 0.15) is 4.90 Å². The highest BCUT2D eigenvalue weighted by molar-refractivity contribution is 7.89. The number of anilines is 1. The lowest BCUT2D eigenvalue weighted by Gasteiger charge is -2.12. The molecule has 2 rings (SSSR count). The van der Waals surface area contributed by atoms with E-state index in [1.165, 1.54) is 0 Å². The molecule has 0 amide bonds. The molecule has 0 bridgehead atoms. The summed E-state index contributed by atoms with van der Waals surface area (Å²) in [6, 6.07) is 6.81. The summed E-state index contributed by atoms with van der Waals surface area (Å²) in [5.41, 5.74) is 1.50. The van der Waals surface area contributed by atoms with Crippen molar-refractivity contribution in [2.75, 3.05) is 11.9 Å². The van der Waals surface area contributed by atoms with Gasteiger partial charge in [0.05, 0.1) is 11.9 Å². The van der Waals surface area contributed by atoms with Gasteiger partial charge in [0, 0.05) is 31.0 Å². The Bertz CT molecular complexity index is 722. The SMILES string of the molecule is C=Cn1cc(CNc2ccccc2S(=O)(=O)NCC)cn1. The molecule has 7 heteroatoms. The quantitative estimate of drug-likeness (QED) is 0.819. The summed E-state index contributed by atoms with van der Waals surface area (Å²) in [5.74, 6) is 0. The average molecular weight is 306 g/mol. The van der Waals surface area contributed by atoms with Gasteiger partial charge in [-0.1, -0.05) is 25.6 Å². The zero-order valence-corrected chi connectivity index (χ0v) is 12.6. The van der Waals surface area contributed by atoms with E-state index in [1.807, 2.05) is 6.20 Å². The molecular formula is C14H18N4O2S. The molecule has 21 heavy (non-hydrogen) atoms. The van der Waals surface area contributed by atoms with Gasteiger partial charge >= 0.3 is 0 Å². The average Bonchev–Trinajstić information content (AvgIpc) is 2.93. The summed E-state index contributed by atoms with van der Waals surface area (Å²) in [6.07, 6.45) is 5.12. The van der Waals surface area contributed by atoms with Gasteiger partial charge in [-0.25, -0.2) is 17.8 Å². The molecule has 1 aromatic heterocycles. The molecule has 6 nitrogen and oxygen atoms in total. The number of hydrogen-bond acceptors (Lipinski definition) is 4. The zero-order valence-electron chi connectivity index (χ0n) is 11.8. The van der Waals surface area contributed by atoms with Crippen molar-refractivity contribution in [2.24, 2.45) is 0 Å². The van der Waals surface area contributed by atoms with E-state index >= 15 is 0 Å². The van der Waals surface area contributed by atoms with Crippen molar-refractivity contribution in [3.8, 4) is 0 Å². The molecule has 2 aromatic rings. The molecule has 0 aliphatic heterocycles. The monoisotopic (exact) mass is 306 g/mol. The Kier molecular flexibility index (Phi) is 4.77. The van der Waals surface area contributed by atoms with E-state index in [1.54, 1.807) is 48.3 Å². The first-order valence-corrected chi connectivity index (χ1v) is 8.03. The second-order valence-electron chi connectivity index (χ2n) is 4.36. The molecule has 112 valence electrons. The lowest BCUT2D eigenvalue weighted by atomic mass is 10.3. The number of hydrogen-bond donors (Lipinski definition) is 2.